The first-order chi connectivity index (χ1) is 12.2. The lowest BCUT2D eigenvalue weighted by Gasteiger charge is -2.05. The second-order valence-electron chi connectivity index (χ2n) is 4.88. The molecule has 0 bridgehead atoms. The van der Waals surface area contributed by atoms with Crippen LogP contribution in [0.25, 0.3) is 6.08 Å². The highest BCUT2D eigenvalue weighted by Gasteiger charge is 2.01. The van der Waals surface area contributed by atoms with Gasteiger partial charge < -0.3 is 14.2 Å². The fraction of sp³-hybridized carbons (Fsp3) is 0.158. The molecule has 0 aliphatic rings. The molecule has 2 aromatic carbocycles. The van der Waals surface area contributed by atoms with Gasteiger partial charge in [0.2, 0.25) is 0 Å². The lowest BCUT2D eigenvalue weighted by atomic mass is 10.2. The van der Waals surface area contributed by atoms with Crippen LogP contribution in [0.5, 0.6) is 17.2 Å². The fourth-order valence-corrected chi connectivity index (χ4v) is 1.96. The summed E-state index contributed by atoms with van der Waals surface area (Å²) >= 11 is 0. The molecule has 1 N–H and O–H groups in total. The Morgan fingerprint density at radius 3 is 2.48 bits per heavy atom. The predicted octanol–water partition coefficient (Wildman–Crippen LogP) is 2.90. The Balaban J connectivity index is 1.75. The van der Waals surface area contributed by atoms with Crippen molar-refractivity contribution >= 4 is 18.2 Å². The minimum absolute atomic E-state index is 0.125. The van der Waals surface area contributed by atoms with Gasteiger partial charge in [0, 0.05) is 11.8 Å². The van der Waals surface area contributed by atoms with Gasteiger partial charge >= 0.3 is 0 Å². The van der Waals surface area contributed by atoms with Crippen LogP contribution in [0.3, 0.4) is 0 Å². The third-order valence-corrected chi connectivity index (χ3v) is 3.19. The molecule has 0 saturated heterocycles. The van der Waals surface area contributed by atoms with Gasteiger partial charge in [0.25, 0.3) is 5.91 Å². The van der Waals surface area contributed by atoms with Gasteiger partial charge in [-0.1, -0.05) is 18.2 Å². The highest BCUT2D eigenvalue weighted by atomic mass is 16.5. The standard InChI is InChI=1S/C19H20N2O4/c1-23-16-9-11-17(12-10-16)25-14-19(22)21-20-13-5-7-15-6-3-4-8-18(15)24-2/h3-13H,14H2,1-2H3,(H,21,22)/b7-5+,20-13+. The maximum Gasteiger partial charge on any atom is 0.277 e. The van der Waals surface area contributed by atoms with E-state index in [0.717, 1.165) is 17.1 Å². The van der Waals surface area contributed by atoms with Gasteiger partial charge in [0.15, 0.2) is 6.61 Å². The summed E-state index contributed by atoms with van der Waals surface area (Å²) in [5.41, 5.74) is 3.31. The van der Waals surface area contributed by atoms with E-state index in [1.165, 1.54) is 6.21 Å². The molecule has 0 unspecified atom stereocenters. The quantitative estimate of drug-likeness (QED) is 0.593. The number of carbonyl (C=O) groups is 1. The van der Waals surface area contributed by atoms with Crippen molar-refractivity contribution in [3.63, 3.8) is 0 Å². The summed E-state index contributed by atoms with van der Waals surface area (Å²) in [5, 5.41) is 3.83. The lowest BCUT2D eigenvalue weighted by molar-refractivity contribution is -0.123. The minimum Gasteiger partial charge on any atom is -0.497 e. The van der Waals surface area contributed by atoms with Gasteiger partial charge in [-0.05, 0) is 42.5 Å². The van der Waals surface area contributed by atoms with Crippen molar-refractivity contribution in [2.75, 3.05) is 20.8 Å². The van der Waals surface area contributed by atoms with Crippen LogP contribution in [-0.2, 0) is 4.79 Å². The number of para-hydroxylation sites is 1. The number of nitrogens with zero attached hydrogens (tertiary/aromatic N) is 1. The molecule has 6 heteroatoms. The SMILES string of the molecule is COc1ccc(OCC(=O)N/N=C/C=C/c2ccccc2OC)cc1. The van der Waals surface area contributed by atoms with Crippen molar-refractivity contribution < 1.29 is 19.0 Å². The van der Waals surface area contributed by atoms with Crippen molar-refractivity contribution in [1.82, 2.24) is 5.43 Å². The predicted molar refractivity (Wildman–Crippen MR) is 97.2 cm³/mol. The minimum atomic E-state index is -0.349. The Kier molecular flexibility index (Phi) is 7.06. The Morgan fingerprint density at radius 2 is 1.76 bits per heavy atom. The van der Waals surface area contributed by atoms with E-state index in [1.54, 1.807) is 44.6 Å². The maximum absolute atomic E-state index is 11.7. The van der Waals surface area contributed by atoms with E-state index in [4.69, 9.17) is 14.2 Å². The van der Waals surface area contributed by atoms with Crippen LogP contribution in [0.2, 0.25) is 0 Å². The summed E-state index contributed by atoms with van der Waals surface area (Å²) < 4.78 is 15.6. The zero-order valence-electron chi connectivity index (χ0n) is 14.1. The number of allylic oxidation sites excluding steroid dienone is 1. The topological polar surface area (TPSA) is 69.2 Å². The highest BCUT2D eigenvalue weighted by molar-refractivity contribution is 5.82. The molecule has 130 valence electrons. The van der Waals surface area contributed by atoms with Crippen LogP contribution in [0.1, 0.15) is 5.56 Å². The average Bonchev–Trinajstić information content (AvgIpc) is 2.66. The molecular weight excluding hydrogens is 320 g/mol. The lowest BCUT2D eigenvalue weighted by Crippen LogP contribution is -2.24. The van der Waals surface area contributed by atoms with Crippen LogP contribution in [0.15, 0.2) is 59.7 Å². The zero-order chi connectivity index (χ0) is 17.9. The third-order valence-electron chi connectivity index (χ3n) is 3.19. The van der Waals surface area contributed by atoms with E-state index < -0.39 is 0 Å². The van der Waals surface area contributed by atoms with Crippen molar-refractivity contribution in [2.45, 2.75) is 0 Å². The molecule has 1 amide bonds. The summed E-state index contributed by atoms with van der Waals surface area (Å²) in [7, 11) is 3.20. The second kappa shape index (κ2) is 9.77. The highest BCUT2D eigenvalue weighted by Crippen LogP contribution is 2.18. The third kappa shape index (κ3) is 6.02. The molecule has 25 heavy (non-hydrogen) atoms. The molecule has 0 aliphatic carbocycles. The monoisotopic (exact) mass is 340 g/mol. The number of ether oxygens (including phenoxy) is 3. The van der Waals surface area contributed by atoms with Crippen molar-refractivity contribution in [3.05, 3.63) is 60.2 Å². The Hall–Kier alpha value is -3.28. The molecule has 6 nitrogen and oxygen atoms in total. The van der Waals surface area contributed by atoms with Gasteiger partial charge in [-0.15, -0.1) is 0 Å². The smallest absolute Gasteiger partial charge is 0.277 e. The molecule has 0 atom stereocenters. The largest absolute Gasteiger partial charge is 0.497 e. The number of rotatable bonds is 8. The first kappa shape index (κ1) is 18.1. The van der Waals surface area contributed by atoms with E-state index in [2.05, 4.69) is 10.5 Å². The summed E-state index contributed by atoms with van der Waals surface area (Å²) in [6, 6.07) is 14.6. The average molecular weight is 340 g/mol. The molecule has 0 spiro atoms. The molecule has 0 heterocycles. The summed E-state index contributed by atoms with van der Waals surface area (Å²) in [4.78, 5) is 11.7. The van der Waals surface area contributed by atoms with Crippen LogP contribution in [-0.4, -0.2) is 32.9 Å². The number of hydrogen-bond donors (Lipinski definition) is 1. The molecule has 2 aromatic rings. The number of hydrazone groups is 1. The van der Waals surface area contributed by atoms with Crippen molar-refractivity contribution in [3.8, 4) is 17.2 Å². The first-order valence-electron chi connectivity index (χ1n) is 7.61. The number of methoxy groups -OCH3 is 2. The van der Waals surface area contributed by atoms with E-state index in [9.17, 15) is 4.79 Å². The summed E-state index contributed by atoms with van der Waals surface area (Å²) in [6.45, 7) is -0.125. The van der Waals surface area contributed by atoms with Gasteiger partial charge in [-0.3, -0.25) is 4.79 Å². The molecule has 2 rings (SSSR count). The summed E-state index contributed by atoms with van der Waals surface area (Å²) in [5.74, 6) is 1.72. The zero-order valence-corrected chi connectivity index (χ0v) is 14.1. The number of hydrogen-bond acceptors (Lipinski definition) is 5. The second-order valence-corrected chi connectivity index (χ2v) is 4.88. The van der Waals surface area contributed by atoms with E-state index in [0.29, 0.717) is 5.75 Å². The van der Waals surface area contributed by atoms with Crippen LogP contribution >= 0.6 is 0 Å². The number of amides is 1. The fourth-order valence-electron chi connectivity index (χ4n) is 1.96. The molecular formula is C19H20N2O4. The van der Waals surface area contributed by atoms with E-state index in [-0.39, 0.29) is 12.5 Å². The number of nitrogens with one attached hydrogen (secondary N) is 1. The van der Waals surface area contributed by atoms with Gasteiger partial charge in [-0.2, -0.15) is 5.10 Å². The van der Waals surface area contributed by atoms with Crippen LogP contribution in [0.4, 0.5) is 0 Å². The molecule has 0 radical (unpaired) electrons. The molecule has 0 aromatic heterocycles. The number of carbonyl (C=O) groups excluding carboxylic acids is 1. The van der Waals surface area contributed by atoms with Gasteiger partial charge in [-0.25, -0.2) is 5.43 Å². The first-order valence-corrected chi connectivity index (χ1v) is 7.61. The Bertz CT molecular complexity index is 739. The van der Waals surface area contributed by atoms with Gasteiger partial charge in [0.1, 0.15) is 17.2 Å². The molecule has 0 saturated carbocycles. The van der Waals surface area contributed by atoms with Crippen molar-refractivity contribution in [2.24, 2.45) is 5.10 Å². The maximum atomic E-state index is 11.7. The van der Waals surface area contributed by atoms with Crippen LogP contribution in [0, 0.1) is 0 Å². The Labute approximate surface area is 146 Å². The molecule has 0 fully saturated rings. The normalized spacial score (nSPS) is 10.8. The Morgan fingerprint density at radius 1 is 1.04 bits per heavy atom. The summed E-state index contributed by atoms with van der Waals surface area (Å²) in [6.07, 6.45) is 5.03. The van der Waals surface area contributed by atoms with Gasteiger partial charge in [0.05, 0.1) is 14.2 Å². The van der Waals surface area contributed by atoms with E-state index in [1.807, 2.05) is 30.3 Å². The van der Waals surface area contributed by atoms with Crippen LogP contribution < -0.4 is 19.6 Å². The van der Waals surface area contributed by atoms with E-state index >= 15 is 0 Å². The van der Waals surface area contributed by atoms with Crippen molar-refractivity contribution in [1.29, 1.82) is 0 Å². The molecule has 0 aliphatic heterocycles. The number of benzene rings is 2.